The summed E-state index contributed by atoms with van der Waals surface area (Å²) in [6.45, 7) is 1.14. The van der Waals surface area contributed by atoms with E-state index >= 15 is 0 Å². The molecule has 1 atom stereocenters. The standard InChI is InChI=1S/C23H21N5O2.ClH.Li.H/c24-13-17-6-8-18(9-7-17)15-27-16-25-14-20(27)12-22(29)26-21-10-11-28(23(21)30)19-4-2-1-3-5-19;;;/h1-9,14,16,21H,10-12,15H2,(H,26,29);1H;;. The number of para-hydroxylation sites is 1. The Kier molecular flexibility index (Phi) is 9.10. The van der Waals surface area contributed by atoms with E-state index in [0.29, 0.717) is 25.1 Å². The van der Waals surface area contributed by atoms with Crippen LogP contribution in [0.1, 0.15) is 23.2 Å². The van der Waals surface area contributed by atoms with E-state index in [9.17, 15) is 9.59 Å². The summed E-state index contributed by atoms with van der Waals surface area (Å²) in [7, 11) is 0. The molecule has 160 valence electrons. The summed E-state index contributed by atoms with van der Waals surface area (Å²) in [6, 6.07) is 18.4. The SMILES string of the molecule is Cl.N#Cc1ccc(Cn2cncc2CC(=O)NC2CCN(c3ccccc3)C2=O)cc1.[LiH]. The molecule has 1 aliphatic heterocycles. The molecule has 1 unspecified atom stereocenters. The molecule has 2 heterocycles. The van der Waals surface area contributed by atoms with Crippen LogP contribution in [0.2, 0.25) is 0 Å². The van der Waals surface area contributed by atoms with Gasteiger partial charge in [-0.3, -0.25) is 9.59 Å². The average molecular weight is 444 g/mol. The van der Waals surface area contributed by atoms with Crippen LogP contribution in [0.15, 0.2) is 67.1 Å². The molecule has 0 radical (unpaired) electrons. The first-order valence-corrected chi connectivity index (χ1v) is 9.78. The fourth-order valence-corrected chi connectivity index (χ4v) is 3.61. The minimum atomic E-state index is -0.507. The molecule has 3 aromatic rings. The van der Waals surface area contributed by atoms with Crippen LogP contribution in [-0.2, 0) is 22.6 Å². The molecule has 0 aliphatic carbocycles. The van der Waals surface area contributed by atoms with Crippen molar-refractivity contribution in [2.75, 3.05) is 11.4 Å². The van der Waals surface area contributed by atoms with Crippen LogP contribution in [-0.4, -0.2) is 52.8 Å². The van der Waals surface area contributed by atoms with Crippen molar-refractivity contribution in [1.82, 2.24) is 14.9 Å². The second-order valence-corrected chi connectivity index (χ2v) is 7.23. The molecule has 7 nitrogen and oxygen atoms in total. The quantitative estimate of drug-likeness (QED) is 0.590. The number of amides is 2. The fraction of sp³-hybridized carbons (Fsp3) is 0.217. The molecule has 0 spiro atoms. The zero-order valence-corrected chi connectivity index (χ0v) is 17.6. The number of halogens is 1. The normalized spacial score (nSPS) is 14.8. The van der Waals surface area contributed by atoms with Crippen molar-refractivity contribution in [2.45, 2.75) is 25.4 Å². The number of nitriles is 1. The van der Waals surface area contributed by atoms with Gasteiger partial charge in [-0.1, -0.05) is 30.3 Å². The Labute approximate surface area is 205 Å². The summed E-state index contributed by atoms with van der Waals surface area (Å²) in [5.74, 6) is -0.287. The van der Waals surface area contributed by atoms with Crippen molar-refractivity contribution in [3.05, 3.63) is 83.9 Å². The number of imidazole rings is 1. The topological polar surface area (TPSA) is 91.0 Å². The summed E-state index contributed by atoms with van der Waals surface area (Å²) in [5, 5.41) is 11.8. The molecule has 1 N–H and O–H groups in total. The van der Waals surface area contributed by atoms with Crippen LogP contribution >= 0.6 is 12.4 Å². The molecule has 0 bridgehead atoms. The molecule has 0 saturated carbocycles. The maximum atomic E-state index is 12.7. The van der Waals surface area contributed by atoms with Gasteiger partial charge in [-0.25, -0.2) is 4.98 Å². The van der Waals surface area contributed by atoms with Crippen LogP contribution in [0.3, 0.4) is 0 Å². The Hall–Kier alpha value is -3.03. The molecule has 9 heteroatoms. The predicted molar refractivity (Wildman–Crippen MR) is 126 cm³/mol. The van der Waals surface area contributed by atoms with E-state index in [2.05, 4.69) is 16.4 Å². The number of benzene rings is 2. The van der Waals surface area contributed by atoms with Gasteiger partial charge in [0.2, 0.25) is 11.8 Å². The zero-order valence-electron chi connectivity index (χ0n) is 16.8. The number of carbonyl (C=O) groups is 2. The van der Waals surface area contributed by atoms with Crippen LogP contribution in [0, 0.1) is 11.3 Å². The molecular weight excluding hydrogens is 421 g/mol. The summed E-state index contributed by atoms with van der Waals surface area (Å²) < 4.78 is 1.90. The number of anilines is 1. The molecule has 1 aromatic heterocycles. The van der Waals surface area contributed by atoms with Gasteiger partial charge in [0, 0.05) is 30.7 Å². The average Bonchev–Trinajstić information content (AvgIpc) is 3.35. The second kappa shape index (κ2) is 11.5. The van der Waals surface area contributed by atoms with Gasteiger partial charge in [0.15, 0.2) is 0 Å². The van der Waals surface area contributed by atoms with E-state index in [-0.39, 0.29) is 49.5 Å². The Morgan fingerprint density at radius 1 is 1.16 bits per heavy atom. The van der Waals surface area contributed by atoms with Gasteiger partial charge in [-0.15, -0.1) is 12.4 Å². The van der Waals surface area contributed by atoms with Crippen molar-refractivity contribution in [2.24, 2.45) is 0 Å². The van der Waals surface area contributed by atoms with Crippen molar-refractivity contribution in [3.8, 4) is 6.07 Å². The van der Waals surface area contributed by atoms with Crippen LogP contribution in [0.4, 0.5) is 5.69 Å². The van der Waals surface area contributed by atoms with Crippen molar-refractivity contribution >= 4 is 48.8 Å². The fourth-order valence-electron chi connectivity index (χ4n) is 3.61. The van der Waals surface area contributed by atoms with Gasteiger partial charge < -0.3 is 14.8 Å². The third-order valence-corrected chi connectivity index (χ3v) is 5.18. The van der Waals surface area contributed by atoms with Crippen molar-refractivity contribution in [3.63, 3.8) is 0 Å². The van der Waals surface area contributed by atoms with E-state index in [1.54, 1.807) is 29.6 Å². The first-order chi connectivity index (χ1) is 14.6. The molecule has 1 fully saturated rings. The monoisotopic (exact) mass is 443 g/mol. The third kappa shape index (κ3) is 5.81. The summed E-state index contributed by atoms with van der Waals surface area (Å²) in [4.78, 5) is 31.1. The number of aromatic nitrogens is 2. The van der Waals surface area contributed by atoms with Gasteiger partial charge >= 0.3 is 18.9 Å². The number of nitrogens with one attached hydrogen (secondary N) is 1. The van der Waals surface area contributed by atoms with Crippen molar-refractivity contribution < 1.29 is 9.59 Å². The van der Waals surface area contributed by atoms with Crippen LogP contribution < -0.4 is 10.2 Å². The van der Waals surface area contributed by atoms with Gasteiger partial charge in [-0.05, 0) is 36.2 Å². The number of nitrogens with zero attached hydrogens (tertiary/aromatic N) is 4. The van der Waals surface area contributed by atoms with E-state index < -0.39 is 6.04 Å². The molecule has 32 heavy (non-hydrogen) atoms. The van der Waals surface area contributed by atoms with Gasteiger partial charge in [0.1, 0.15) is 6.04 Å². The van der Waals surface area contributed by atoms with Gasteiger partial charge in [0.05, 0.1) is 24.4 Å². The van der Waals surface area contributed by atoms with Crippen LogP contribution in [0.5, 0.6) is 0 Å². The molecule has 1 saturated heterocycles. The second-order valence-electron chi connectivity index (χ2n) is 7.23. The number of hydrogen-bond donors (Lipinski definition) is 1. The number of rotatable bonds is 6. The van der Waals surface area contributed by atoms with E-state index in [1.165, 1.54) is 0 Å². The summed E-state index contributed by atoms with van der Waals surface area (Å²) in [6.07, 6.45) is 4.07. The van der Waals surface area contributed by atoms with Crippen LogP contribution in [0.25, 0.3) is 0 Å². The van der Waals surface area contributed by atoms with E-state index in [0.717, 1.165) is 16.9 Å². The van der Waals surface area contributed by atoms with Gasteiger partial charge in [-0.2, -0.15) is 5.26 Å². The molecule has 4 rings (SSSR count). The minimum absolute atomic E-state index is 0. The van der Waals surface area contributed by atoms with E-state index in [1.807, 2.05) is 47.0 Å². The molecule has 2 aromatic carbocycles. The Morgan fingerprint density at radius 3 is 2.56 bits per heavy atom. The third-order valence-electron chi connectivity index (χ3n) is 5.18. The Bertz CT molecular complexity index is 1100. The number of hydrogen-bond acceptors (Lipinski definition) is 4. The summed E-state index contributed by atoms with van der Waals surface area (Å²) >= 11 is 0. The Morgan fingerprint density at radius 2 is 1.88 bits per heavy atom. The molecule has 2 amide bonds. The maximum absolute atomic E-state index is 12.7. The number of carbonyl (C=O) groups excluding carboxylic acids is 2. The first kappa shape index (κ1) is 25.2. The summed E-state index contributed by atoms with van der Waals surface area (Å²) in [5.41, 5.74) is 3.23. The Balaban J connectivity index is 0.00000181. The zero-order chi connectivity index (χ0) is 20.9. The molecule has 1 aliphatic rings. The predicted octanol–water partition coefficient (Wildman–Crippen LogP) is 2.04. The first-order valence-electron chi connectivity index (χ1n) is 9.78. The van der Waals surface area contributed by atoms with Crippen molar-refractivity contribution in [1.29, 1.82) is 5.26 Å². The van der Waals surface area contributed by atoms with Gasteiger partial charge in [0.25, 0.3) is 0 Å². The van der Waals surface area contributed by atoms with E-state index in [4.69, 9.17) is 5.26 Å². The molecular formula is C23H23ClLiN5O2.